The van der Waals surface area contributed by atoms with Crippen LogP contribution < -0.4 is 10.1 Å². The third kappa shape index (κ3) is 2.59. The highest BCUT2D eigenvalue weighted by atomic mass is 16.5. The van der Waals surface area contributed by atoms with E-state index in [1.165, 1.54) is 13.2 Å². The number of amides is 1. The largest absolute Gasteiger partial charge is 0.507 e. The van der Waals surface area contributed by atoms with Crippen molar-refractivity contribution in [3.63, 3.8) is 0 Å². The van der Waals surface area contributed by atoms with Crippen LogP contribution in [0.5, 0.6) is 11.5 Å². The number of rotatable bonds is 3. The number of anilines is 1. The Hall–Kier alpha value is -2.49. The zero-order chi connectivity index (χ0) is 14.7. The number of benzene rings is 2. The monoisotopic (exact) mass is 271 g/mol. The van der Waals surface area contributed by atoms with Crippen molar-refractivity contribution >= 4 is 11.6 Å². The molecule has 0 saturated carbocycles. The molecule has 0 radical (unpaired) electrons. The van der Waals surface area contributed by atoms with E-state index in [1.54, 1.807) is 12.1 Å². The molecule has 0 aromatic heterocycles. The van der Waals surface area contributed by atoms with Gasteiger partial charge in [0.1, 0.15) is 17.1 Å². The summed E-state index contributed by atoms with van der Waals surface area (Å²) in [6.45, 7) is 3.92. The van der Waals surface area contributed by atoms with Crippen LogP contribution in [-0.2, 0) is 0 Å². The second kappa shape index (κ2) is 5.65. The topological polar surface area (TPSA) is 58.6 Å². The molecule has 0 spiro atoms. The van der Waals surface area contributed by atoms with Gasteiger partial charge in [-0.1, -0.05) is 18.2 Å². The first-order chi connectivity index (χ1) is 9.54. The van der Waals surface area contributed by atoms with Crippen LogP contribution in [-0.4, -0.2) is 18.1 Å². The molecule has 0 fully saturated rings. The van der Waals surface area contributed by atoms with Crippen molar-refractivity contribution < 1.29 is 14.6 Å². The SMILES string of the molecule is COc1cccc(O)c1C(=O)Nc1cccc(C)c1C. The van der Waals surface area contributed by atoms with Crippen LogP contribution in [0.25, 0.3) is 0 Å². The molecule has 2 aromatic carbocycles. The molecule has 0 saturated heterocycles. The summed E-state index contributed by atoms with van der Waals surface area (Å²) in [7, 11) is 1.46. The van der Waals surface area contributed by atoms with Crippen LogP contribution >= 0.6 is 0 Å². The van der Waals surface area contributed by atoms with E-state index in [-0.39, 0.29) is 11.3 Å². The minimum atomic E-state index is -0.395. The van der Waals surface area contributed by atoms with Gasteiger partial charge in [-0.05, 0) is 43.2 Å². The van der Waals surface area contributed by atoms with E-state index < -0.39 is 5.91 Å². The number of hydrogen-bond donors (Lipinski definition) is 2. The second-order valence-corrected chi connectivity index (χ2v) is 4.56. The van der Waals surface area contributed by atoms with Gasteiger partial charge in [0.2, 0.25) is 0 Å². The third-order valence-corrected chi connectivity index (χ3v) is 3.30. The van der Waals surface area contributed by atoms with Gasteiger partial charge in [0.05, 0.1) is 7.11 Å². The zero-order valence-electron chi connectivity index (χ0n) is 11.7. The lowest BCUT2D eigenvalue weighted by Gasteiger charge is -2.13. The van der Waals surface area contributed by atoms with Crippen molar-refractivity contribution in [2.75, 3.05) is 12.4 Å². The molecule has 0 aliphatic carbocycles. The lowest BCUT2D eigenvalue weighted by atomic mass is 10.1. The highest BCUT2D eigenvalue weighted by molar-refractivity contribution is 6.08. The molecular weight excluding hydrogens is 254 g/mol. The number of ether oxygens (including phenoxy) is 1. The van der Waals surface area contributed by atoms with E-state index in [4.69, 9.17) is 4.74 Å². The molecule has 20 heavy (non-hydrogen) atoms. The Balaban J connectivity index is 2.36. The summed E-state index contributed by atoms with van der Waals surface area (Å²) in [6, 6.07) is 10.4. The van der Waals surface area contributed by atoms with Crippen LogP contribution in [0.15, 0.2) is 36.4 Å². The Labute approximate surface area is 118 Å². The average Bonchev–Trinajstić information content (AvgIpc) is 2.43. The van der Waals surface area contributed by atoms with E-state index in [0.717, 1.165) is 16.8 Å². The molecule has 0 unspecified atom stereocenters. The quantitative estimate of drug-likeness (QED) is 0.900. The predicted molar refractivity (Wildman–Crippen MR) is 78.5 cm³/mol. The van der Waals surface area contributed by atoms with Crippen molar-refractivity contribution in [3.05, 3.63) is 53.1 Å². The number of carbonyl (C=O) groups is 1. The van der Waals surface area contributed by atoms with E-state index in [0.29, 0.717) is 5.75 Å². The van der Waals surface area contributed by atoms with Crippen molar-refractivity contribution in [1.82, 2.24) is 0 Å². The third-order valence-electron chi connectivity index (χ3n) is 3.30. The number of carbonyl (C=O) groups excluding carboxylic acids is 1. The summed E-state index contributed by atoms with van der Waals surface area (Å²) in [5.74, 6) is -0.159. The summed E-state index contributed by atoms with van der Waals surface area (Å²) >= 11 is 0. The van der Waals surface area contributed by atoms with E-state index in [1.807, 2.05) is 32.0 Å². The highest BCUT2D eigenvalue weighted by Crippen LogP contribution is 2.28. The molecule has 104 valence electrons. The molecule has 0 atom stereocenters. The maximum absolute atomic E-state index is 12.3. The van der Waals surface area contributed by atoms with Crippen LogP contribution in [0.1, 0.15) is 21.5 Å². The zero-order valence-corrected chi connectivity index (χ0v) is 11.7. The molecule has 0 heterocycles. The number of aryl methyl sites for hydroxylation is 1. The van der Waals surface area contributed by atoms with Crippen LogP contribution in [0.3, 0.4) is 0 Å². The van der Waals surface area contributed by atoms with Gasteiger partial charge in [-0.25, -0.2) is 0 Å². The Kier molecular flexibility index (Phi) is 3.94. The van der Waals surface area contributed by atoms with Crippen LogP contribution in [0.2, 0.25) is 0 Å². The number of phenols is 1. The molecule has 2 rings (SSSR count). The fourth-order valence-corrected chi connectivity index (χ4v) is 1.99. The number of nitrogens with one attached hydrogen (secondary N) is 1. The first-order valence-corrected chi connectivity index (χ1v) is 6.28. The van der Waals surface area contributed by atoms with Gasteiger partial charge >= 0.3 is 0 Å². The van der Waals surface area contributed by atoms with Gasteiger partial charge in [-0.2, -0.15) is 0 Å². The Morgan fingerprint density at radius 2 is 1.85 bits per heavy atom. The van der Waals surface area contributed by atoms with Crippen molar-refractivity contribution in [2.45, 2.75) is 13.8 Å². The average molecular weight is 271 g/mol. The number of hydrogen-bond acceptors (Lipinski definition) is 3. The summed E-state index contributed by atoms with van der Waals surface area (Å²) in [4.78, 5) is 12.3. The summed E-state index contributed by atoms with van der Waals surface area (Å²) in [6.07, 6.45) is 0. The van der Waals surface area contributed by atoms with Crippen molar-refractivity contribution in [1.29, 1.82) is 0 Å². The van der Waals surface area contributed by atoms with Gasteiger partial charge in [0.25, 0.3) is 5.91 Å². The molecule has 0 aliphatic heterocycles. The molecule has 2 aromatic rings. The summed E-state index contributed by atoms with van der Waals surface area (Å²) in [5, 5.41) is 12.7. The fourth-order valence-electron chi connectivity index (χ4n) is 1.99. The minimum Gasteiger partial charge on any atom is -0.507 e. The smallest absolute Gasteiger partial charge is 0.263 e. The van der Waals surface area contributed by atoms with Gasteiger partial charge in [-0.3, -0.25) is 4.79 Å². The van der Waals surface area contributed by atoms with Crippen molar-refractivity contribution in [2.24, 2.45) is 0 Å². The minimum absolute atomic E-state index is 0.104. The number of aromatic hydroxyl groups is 1. The number of phenolic OH excluding ortho intramolecular Hbond substituents is 1. The lowest BCUT2D eigenvalue weighted by Crippen LogP contribution is -2.14. The molecular formula is C16H17NO3. The van der Waals surface area contributed by atoms with Gasteiger partial charge < -0.3 is 15.2 Å². The lowest BCUT2D eigenvalue weighted by molar-refractivity contribution is 0.102. The highest BCUT2D eigenvalue weighted by Gasteiger charge is 2.17. The molecule has 0 aliphatic rings. The Morgan fingerprint density at radius 3 is 2.55 bits per heavy atom. The van der Waals surface area contributed by atoms with Gasteiger partial charge in [0.15, 0.2) is 0 Å². The molecule has 1 amide bonds. The normalized spacial score (nSPS) is 10.2. The predicted octanol–water partition coefficient (Wildman–Crippen LogP) is 3.27. The molecule has 4 nitrogen and oxygen atoms in total. The van der Waals surface area contributed by atoms with Gasteiger partial charge in [-0.15, -0.1) is 0 Å². The maximum Gasteiger partial charge on any atom is 0.263 e. The van der Waals surface area contributed by atoms with Crippen LogP contribution in [0, 0.1) is 13.8 Å². The second-order valence-electron chi connectivity index (χ2n) is 4.56. The fraction of sp³-hybridized carbons (Fsp3) is 0.188. The number of methoxy groups -OCH3 is 1. The maximum atomic E-state index is 12.3. The van der Waals surface area contributed by atoms with Crippen molar-refractivity contribution in [3.8, 4) is 11.5 Å². The molecule has 0 bridgehead atoms. The van der Waals surface area contributed by atoms with E-state index in [9.17, 15) is 9.90 Å². The van der Waals surface area contributed by atoms with Crippen LogP contribution in [0.4, 0.5) is 5.69 Å². The van der Waals surface area contributed by atoms with E-state index in [2.05, 4.69) is 5.32 Å². The molecule has 2 N–H and O–H groups in total. The first kappa shape index (κ1) is 13.9. The summed E-state index contributed by atoms with van der Waals surface area (Å²) < 4.78 is 5.12. The Bertz CT molecular complexity index is 650. The van der Waals surface area contributed by atoms with Gasteiger partial charge in [0, 0.05) is 5.69 Å². The first-order valence-electron chi connectivity index (χ1n) is 6.28. The molecule has 4 heteroatoms. The standard InChI is InChI=1S/C16H17NO3/c1-10-6-4-7-12(11(10)2)17-16(19)15-13(18)8-5-9-14(15)20-3/h4-9,18H,1-3H3,(H,17,19). The van der Waals surface area contributed by atoms with E-state index >= 15 is 0 Å². The Morgan fingerprint density at radius 1 is 1.15 bits per heavy atom. The summed E-state index contributed by atoms with van der Waals surface area (Å²) in [5.41, 5.74) is 2.94.